The topological polar surface area (TPSA) is 127 Å². The van der Waals surface area contributed by atoms with Gasteiger partial charge in [-0.25, -0.2) is 9.78 Å². The zero-order valence-electron chi connectivity index (χ0n) is 21.6. The molecule has 0 aliphatic carbocycles. The lowest BCUT2D eigenvalue weighted by Crippen LogP contribution is -2.40. The number of fused-ring (bicyclic) bond motifs is 1. The molecule has 1 aromatic carbocycles. The van der Waals surface area contributed by atoms with Crippen LogP contribution in [0.3, 0.4) is 0 Å². The summed E-state index contributed by atoms with van der Waals surface area (Å²) in [6, 6.07) is 11.0. The molecule has 4 aromatic rings. The third kappa shape index (κ3) is 4.97. The summed E-state index contributed by atoms with van der Waals surface area (Å²) in [5.74, 6) is 0.0771. The number of ether oxygens (including phenoxy) is 1. The van der Waals surface area contributed by atoms with E-state index in [1.807, 2.05) is 38.1 Å². The number of nitrogens with one attached hydrogen (secondary N) is 2. The van der Waals surface area contributed by atoms with Crippen molar-refractivity contribution in [1.82, 2.24) is 24.1 Å². The van der Waals surface area contributed by atoms with Crippen molar-refractivity contribution in [3.8, 4) is 11.4 Å². The normalized spacial score (nSPS) is 13.7. The van der Waals surface area contributed by atoms with Crippen LogP contribution < -0.4 is 21.5 Å². The van der Waals surface area contributed by atoms with Crippen LogP contribution in [0, 0.1) is 0 Å². The lowest BCUT2D eigenvalue weighted by molar-refractivity contribution is 0.102. The van der Waals surface area contributed by atoms with Gasteiger partial charge < -0.3 is 19.9 Å². The summed E-state index contributed by atoms with van der Waals surface area (Å²) < 4.78 is 8.18. The summed E-state index contributed by atoms with van der Waals surface area (Å²) in [6.07, 6.45) is 2.92. The highest BCUT2D eigenvalue weighted by atomic mass is 16.5. The molecule has 1 amide bonds. The highest BCUT2D eigenvalue weighted by Crippen LogP contribution is 2.21. The van der Waals surface area contributed by atoms with Crippen molar-refractivity contribution in [2.75, 3.05) is 36.5 Å². The van der Waals surface area contributed by atoms with Gasteiger partial charge in [-0.05, 0) is 49.2 Å². The van der Waals surface area contributed by atoms with Crippen LogP contribution in [0.1, 0.15) is 37.2 Å². The molecule has 0 radical (unpaired) electrons. The Morgan fingerprint density at radius 3 is 2.37 bits per heavy atom. The van der Waals surface area contributed by atoms with Crippen LogP contribution >= 0.6 is 0 Å². The molecular formula is C27H31N7O4. The first-order chi connectivity index (χ1) is 18.5. The Morgan fingerprint density at radius 2 is 1.71 bits per heavy atom. The van der Waals surface area contributed by atoms with Gasteiger partial charge in [0, 0.05) is 49.3 Å². The van der Waals surface area contributed by atoms with Crippen LogP contribution in [0.25, 0.3) is 22.6 Å². The summed E-state index contributed by atoms with van der Waals surface area (Å²) >= 11 is 0. The first-order valence-electron chi connectivity index (χ1n) is 12.9. The van der Waals surface area contributed by atoms with Crippen LogP contribution in [0.4, 0.5) is 11.4 Å². The predicted molar refractivity (Wildman–Crippen MR) is 146 cm³/mol. The summed E-state index contributed by atoms with van der Waals surface area (Å²) in [7, 11) is 0. The van der Waals surface area contributed by atoms with E-state index in [0.717, 1.165) is 25.2 Å². The molecule has 198 valence electrons. The number of imidazole rings is 1. The van der Waals surface area contributed by atoms with E-state index in [2.05, 4.69) is 25.2 Å². The second kappa shape index (κ2) is 11.0. The number of pyridine rings is 1. The van der Waals surface area contributed by atoms with Crippen molar-refractivity contribution in [2.24, 2.45) is 0 Å². The lowest BCUT2D eigenvalue weighted by atomic mass is 10.2. The Kier molecular flexibility index (Phi) is 7.36. The number of carbonyl (C=O) groups is 1. The van der Waals surface area contributed by atoms with E-state index in [0.29, 0.717) is 55.4 Å². The number of H-pyrrole nitrogens is 1. The number of rotatable bonds is 8. The molecule has 0 spiro atoms. The Labute approximate surface area is 219 Å². The molecule has 1 fully saturated rings. The molecule has 0 unspecified atom stereocenters. The van der Waals surface area contributed by atoms with Crippen molar-refractivity contribution in [1.29, 1.82) is 0 Å². The second-order valence-corrected chi connectivity index (χ2v) is 9.21. The minimum absolute atomic E-state index is 0.246. The molecule has 1 aliphatic rings. The van der Waals surface area contributed by atoms with Gasteiger partial charge in [0.2, 0.25) is 0 Å². The third-order valence-electron chi connectivity index (χ3n) is 6.53. The number of carbonyl (C=O) groups excluding carboxylic acids is 1. The van der Waals surface area contributed by atoms with Crippen molar-refractivity contribution in [3.63, 3.8) is 0 Å². The molecule has 0 bridgehead atoms. The number of aromatic nitrogens is 5. The van der Waals surface area contributed by atoms with Gasteiger partial charge in [0.25, 0.3) is 11.5 Å². The number of morpholine rings is 1. The van der Waals surface area contributed by atoms with E-state index in [1.54, 1.807) is 12.1 Å². The van der Waals surface area contributed by atoms with Crippen molar-refractivity contribution in [2.45, 2.75) is 39.8 Å². The van der Waals surface area contributed by atoms with E-state index in [4.69, 9.17) is 4.74 Å². The van der Waals surface area contributed by atoms with Crippen molar-refractivity contribution >= 4 is 28.4 Å². The van der Waals surface area contributed by atoms with E-state index in [1.165, 1.54) is 15.3 Å². The zero-order chi connectivity index (χ0) is 26.6. The largest absolute Gasteiger partial charge is 0.378 e. The van der Waals surface area contributed by atoms with Crippen molar-refractivity contribution in [3.05, 3.63) is 69.1 Å². The number of nitrogens with zero attached hydrogens (tertiary/aromatic N) is 5. The number of benzene rings is 1. The summed E-state index contributed by atoms with van der Waals surface area (Å²) in [4.78, 5) is 52.8. The molecule has 11 heteroatoms. The Bertz CT molecular complexity index is 1550. The zero-order valence-corrected chi connectivity index (χ0v) is 21.6. The van der Waals surface area contributed by atoms with Crippen LogP contribution in [0.2, 0.25) is 0 Å². The molecule has 1 saturated heterocycles. The quantitative estimate of drug-likeness (QED) is 0.368. The van der Waals surface area contributed by atoms with Gasteiger partial charge in [-0.3, -0.25) is 23.7 Å². The average Bonchev–Trinajstić information content (AvgIpc) is 3.40. The maximum Gasteiger partial charge on any atom is 0.332 e. The molecule has 4 heterocycles. The predicted octanol–water partition coefficient (Wildman–Crippen LogP) is 2.86. The highest BCUT2D eigenvalue weighted by Gasteiger charge is 2.18. The average molecular weight is 518 g/mol. The first kappa shape index (κ1) is 25.4. The SMILES string of the molecule is CCCn1c(=O)c2[nH]c(-c3ccc(C(=O)Nc4ccc(N5CCOCC5)cc4)nc3)nc2n(CCC)c1=O. The fourth-order valence-corrected chi connectivity index (χ4v) is 4.59. The number of hydrogen-bond acceptors (Lipinski definition) is 7. The number of anilines is 2. The van der Waals surface area contributed by atoms with Gasteiger partial charge in [0.1, 0.15) is 17.0 Å². The van der Waals surface area contributed by atoms with Crippen LogP contribution in [0.15, 0.2) is 52.2 Å². The van der Waals surface area contributed by atoms with Crippen LogP contribution in [-0.2, 0) is 17.8 Å². The van der Waals surface area contributed by atoms with Gasteiger partial charge in [-0.1, -0.05) is 13.8 Å². The van der Waals surface area contributed by atoms with E-state index in [9.17, 15) is 14.4 Å². The summed E-state index contributed by atoms with van der Waals surface area (Å²) in [6.45, 7) is 7.79. The fraction of sp³-hybridized carbons (Fsp3) is 0.370. The molecule has 0 atom stereocenters. The molecule has 38 heavy (non-hydrogen) atoms. The first-order valence-corrected chi connectivity index (χ1v) is 12.9. The maximum atomic E-state index is 13.0. The third-order valence-corrected chi connectivity index (χ3v) is 6.53. The smallest absolute Gasteiger partial charge is 0.332 e. The molecular weight excluding hydrogens is 486 g/mol. The standard InChI is InChI=1S/C27H31N7O4/c1-3-11-33-24-22(26(36)34(12-4-2)27(33)37)30-23(31-24)18-5-10-21(28-17-18)25(35)29-19-6-8-20(9-7-19)32-13-15-38-16-14-32/h5-10,17H,3-4,11-16H2,1-2H3,(H,29,35)(H,30,31). The molecule has 0 saturated carbocycles. The number of amides is 1. The number of aromatic amines is 1. The van der Waals surface area contributed by atoms with Crippen LogP contribution in [-0.4, -0.2) is 56.3 Å². The van der Waals surface area contributed by atoms with Gasteiger partial charge >= 0.3 is 5.69 Å². The van der Waals surface area contributed by atoms with Crippen molar-refractivity contribution < 1.29 is 9.53 Å². The number of hydrogen-bond donors (Lipinski definition) is 2. The summed E-state index contributed by atoms with van der Waals surface area (Å²) in [5.41, 5.74) is 2.47. The van der Waals surface area contributed by atoms with E-state index >= 15 is 0 Å². The van der Waals surface area contributed by atoms with Crippen LogP contribution in [0.5, 0.6) is 0 Å². The second-order valence-electron chi connectivity index (χ2n) is 9.21. The van der Waals surface area contributed by atoms with E-state index < -0.39 is 0 Å². The Balaban J connectivity index is 1.35. The van der Waals surface area contributed by atoms with E-state index in [-0.39, 0.29) is 28.4 Å². The number of aryl methyl sites for hydroxylation is 1. The molecule has 2 N–H and O–H groups in total. The minimum atomic E-state index is -0.387. The van der Waals surface area contributed by atoms with Gasteiger partial charge in [0.15, 0.2) is 5.65 Å². The Morgan fingerprint density at radius 1 is 1.00 bits per heavy atom. The maximum absolute atomic E-state index is 13.0. The molecule has 11 nitrogen and oxygen atoms in total. The monoisotopic (exact) mass is 517 g/mol. The fourth-order valence-electron chi connectivity index (χ4n) is 4.59. The lowest BCUT2D eigenvalue weighted by Gasteiger charge is -2.28. The summed E-state index contributed by atoms with van der Waals surface area (Å²) in [5, 5.41) is 2.87. The van der Waals surface area contributed by atoms with Gasteiger partial charge in [-0.2, -0.15) is 0 Å². The molecule has 1 aliphatic heterocycles. The minimum Gasteiger partial charge on any atom is -0.378 e. The van der Waals surface area contributed by atoms with Gasteiger partial charge in [0.05, 0.1) is 13.2 Å². The highest BCUT2D eigenvalue weighted by molar-refractivity contribution is 6.03. The molecule has 3 aromatic heterocycles. The van der Waals surface area contributed by atoms with Gasteiger partial charge in [-0.15, -0.1) is 0 Å². The molecule has 5 rings (SSSR count). The Hall–Kier alpha value is -4.25.